The zero-order valence-electron chi connectivity index (χ0n) is 9.43. The Hall–Kier alpha value is -2.24. The molecule has 6 heteroatoms. The van der Waals surface area contributed by atoms with Gasteiger partial charge in [-0.25, -0.2) is 4.79 Å². The molecule has 0 saturated carbocycles. The fraction of sp³-hybridized carbons (Fsp3) is 0.273. The largest absolute Gasteiger partial charge is 0.469 e. The molecule has 0 aliphatic carbocycles. The van der Waals surface area contributed by atoms with Crippen LogP contribution in [0.2, 0.25) is 0 Å². The van der Waals surface area contributed by atoms with Crippen LogP contribution in [0.25, 0.3) is 0 Å². The van der Waals surface area contributed by atoms with E-state index in [0.29, 0.717) is 5.56 Å². The molecular weight excluding hydrogens is 226 g/mol. The van der Waals surface area contributed by atoms with Crippen LogP contribution in [0.1, 0.15) is 15.9 Å². The van der Waals surface area contributed by atoms with Gasteiger partial charge >= 0.3 is 11.9 Å². The zero-order chi connectivity index (χ0) is 12.8. The van der Waals surface area contributed by atoms with Gasteiger partial charge in [0.05, 0.1) is 26.2 Å². The number of benzene rings is 1. The summed E-state index contributed by atoms with van der Waals surface area (Å²) >= 11 is 0. The van der Waals surface area contributed by atoms with E-state index >= 15 is 0 Å². The van der Waals surface area contributed by atoms with Crippen molar-refractivity contribution in [3.63, 3.8) is 0 Å². The number of ether oxygens (including phenoxy) is 2. The zero-order valence-corrected chi connectivity index (χ0v) is 9.43. The van der Waals surface area contributed by atoms with Crippen LogP contribution in [0.15, 0.2) is 23.4 Å². The molecule has 6 nitrogen and oxygen atoms in total. The molecular formula is C11H11NO5. The second-order valence-electron chi connectivity index (χ2n) is 3.18. The second-order valence-corrected chi connectivity index (χ2v) is 3.18. The average Bonchev–Trinajstić information content (AvgIpc) is 2.37. The van der Waals surface area contributed by atoms with Gasteiger partial charge in [0.15, 0.2) is 0 Å². The summed E-state index contributed by atoms with van der Waals surface area (Å²) in [5.41, 5.74) is 0.633. The molecule has 17 heavy (non-hydrogen) atoms. The highest BCUT2D eigenvalue weighted by atomic mass is 16.5. The number of carbonyl (C=O) groups is 2. The number of nitroso groups, excluding NO2 is 1. The molecule has 0 amide bonds. The topological polar surface area (TPSA) is 82.0 Å². The predicted molar refractivity (Wildman–Crippen MR) is 59.0 cm³/mol. The predicted octanol–water partition coefficient (Wildman–Crippen LogP) is 1.59. The summed E-state index contributed by atoms with van der Waals surface area (Å²) in [6.45, 7) is 0. The Labute approximate surface area is 97.5 Å². The summed E-state index contributed by atoms with van der Waals surface area (Å²) in [6.07, 6.45) is -0.0704. The van der Waals surface area contributed by atoms with Crippen molar-refractivity contribution in [3.8, 4) is 0 Å². The fourth-order valence-corrected chi connectivity index (χ4v) is 1.27. The van der Waals surface area contributed by atoms with Crippen molar-refractivity contribution in [2.75, 3.05) is 14.2 Å². The summed E-state index contributed by atoms with van der Waals surface area (Å²) in [6, 6.07) is 4.20. The average molecular weight is 237 g/mol. The molecule has 0 radical (unpaired) electrons. The van der Waals surface area contributed by atoms with Gasteiger partial charge in [-0.1, -0.05) is 6.07 Å². The van der Waals surface area contributed by atoms with Gasteiger partial charge in [-0.15, -0.1) is 4.91 Å². The normalized spacial score (nSPS) is 9.53. The highest BCUT2D eigenvalue weighted by molar-refractivity contribution is 5.90. The van der Waals surface area contributed by atoms with E-state index in [9.17, 15) is 14.5 Å². The summed E-state index contributed by atoms with van der Waals surface area (Å²) < 4.78 is 8.98. The molecule has 0 spiro atoms. The third-order valence-corrected chi connectivity index (χ3v) is 2.17. The van der Waals surface area contributed by atoms with Crippen LogP contribution in [0.5, 0.6) is 0 Å². The first-order valence-electron chi connectivity index (χ1n) is 4.73. The SMILES string of the molecule is COC(=O)Cc1ccc(C(=O)OC)cc1N=O. The third-order valence-electron chi connectivity index (χ3n) is 2.17. The Bertz CT molecular complexity index is 455. The van der Waals surface area contributed by atoms with E-state index in [4.69, 9.17) is 0 Å². The molecule has 1 aromatic carbocycles. The van der Waals surface area contributed by atoms with Crippen LogP contribution in [0.4, 0.5) is 5.69 Å². The van der Waals surface area contributed by atoms with Crippen molar-refractivity contribution < 1.29 is 19.1 Å². The molecule has 0 fully saturated rings. The summed E-state index contributed by atoms with van der Waals surface area (Å²) in [5, 5.41) is 2.77. The molecule has 0 aliphatic rings. The molecule has 1 rings (SSSR count). The van der Waals surface area contributed by atoms with E-state index < -0.39 is 11.9 Å². The van der Waals surface area contributed by atoms with Crippen molar-refractivity contribution in [3.05, 3.63) is 34.2 Å². The van der Waals surface area contributed by atoms with Crippen molar-refractivity contribution in [1.82, 2.24) is 0 Å². The number of esters is 2. The van der Waals surface area contributed by atoms with Gasteiger partial charge in [0, 0.05) is 0 Å². The maximum absolute atomic E-state index is 11.2. The Morgan fingerprint density at radius 1 is 1.24 bits per heavy atom. The van der Waals surface area contributed by atoms with Crippen molar-refractivity contribution in [2.24, 2.45) is 5.18 Å². The van der Waals surface area contributed by atoms with Gasteiger partial charge in [0.2, 0.25) is 0 Å². The van der Waals surface area contributed by atoms with Crippen LogP contribution < -0.4 is 0 Å². The van der Waals surface area contributed by atoms with Crippen molar-refractivity contribution in [2.45, 2.75) is 6.42 Å². The minimum absolute atomic E-state index is 0.0262. The Kier molecular flexibility index (Phi) is 4.33. The maximum Gasteiger partial charge on any atom is 0.337 e. The van der Waals surface area contributed by atoms with Crippen LogP contribution in [-0.2, 0) is 20.7 Å². The fourth-order valence-electron chi connectivity index (χ4n) is 1.27. The number of hydrogen-bond acceptors (Lipinski definition) is 6. The van der Waals surface area contributed by atoms with E-state index in [-0.39, 0.29) is 17.7 Å². The number of carbonyl (C=O) groups excluding carboxylic acids is 2. The third kappa shape index (κ3) is 3.10. The van der Waals surface area contributed by atoms with Gasteiger partial charge in [0.25, 0.3) is 0 Å². The molecule has 90 valence electrons. The first-order valence-corrected chi connectivity index (χ1v) is 4.73. The first kappa shape index (κ1) is 12.8. The van der Waals surface area contributed by atoms with Gasteiger partial charge in [-0.3, -0.25) is 4.79 Å². The highest BCUT2D eigenvalue weighted by Gasteiger charge is 2.13. The maximum atomic E-state index is 11.2. The molecule has 0 bridgehead atoms. The lowest BCUT2D eigenvalue weighted by Crippen LogP contribution is -2.06. The molecule has 0 atom stereocenters. The Balaban J connectivity index is 3.05. The van der Waals surface area contributed by atoms with Crippen LogP contribution in [0.3, 0.4) is 0 Å². The van der Waals surface area contributed by atoms with E-state index in [1.807, 2.05) is 0 Å². The van der Waals surface area contributed by atoms with Crippen molar-refractivity contribution in [1.29, 1.82) is 0 Å². The van der Waals surface area contributed by atoms with E-state index in [1.54, 1.807) is 0 Å². The van der Waals surface area contributed by atoms with Gasteiger partial charge in [0.1, 0.15) is 5.69 Å². The van der Waals surface area contributed by atoms with E-state index in [0.717, 1.165) is 0 Å². The molecule has 0 N–H and O–H groups in total. The van der Waals surface area contributed by atoms with Gasteiger partial charge in [-0.2, -0.15) is 0 Å². The van der Waals surface area contributed by atoms with Crippen LogP contribution in [-0.4, -0.2) is 26.2 Å². The molecule has 1 aromatic rings. The molecule has 0 aliphatic heterocycles. The lowest BCUT2D eigenvalue weighted by molar-refractivity contribution is -0.139. The molecule has 0 saturated heterocycles. The Morgan fingerprint density at radius 2 is 1.94 bits per heavy atom. The van der Waals surface area contributed by atoms with Gasteiger partial charge in [-0.05, 0) is 22.9 Å². The van der Waals surface area contributed by atoms with Crippen LogP contribution >= 0.6 is 0 Å². The minimum atomic E-state index is -0.570. The van der Waals surface area contributed by atoms with Crippen LogP contribution in [0, 0.1) is 4.91 Å². The number of nitrogens with zero attached hydrogens (tertiary/aromatic N) is 1. The quantitative estimate of drug-likeness (QED) is 0.586. The van der Waals surface area contributed by atoms with Gasteiger partial charge < -0.3 is 9.47 Å². The smallest absolute Gasteiger partial charge is 0.337 e. The molecule has 0 unspecified atom stereocenters. The van der Waals surface area contributed by atoms with Crippen molar-refractivity contribution >= 4 is 17.6 Å². The number of rotatable bonds is 4. The minimum Gasteiger partial charge on any atom is -0.469 e. The molecule has 0 heterocycles. The summed E-state index contributed by atoms with van der Waals surface area (Å²) in [4.78, 5) is 32.9. The lowest BCUT2D eigenvalue weighted by atomic mass is 10.1. The second kappa shape index (κ2) is 5.74. The van der Waals surface area contributed by atoms with E-state index in [2.05, 4.69) is 14.7 Å². The first-order chi connectivity index (χ1) is 8.12. The summed E-state index contributed by atoms with van der Waals surface area (Å²) in [7, 11) is 2.48. The number of methoxy groups -OCH3 is 2. The highest BCUT2D eigenvalue weighted by Crippen LogP contribution is 2.22. The monoisotopic (exact) mass is 237 g/mol. The summed E-state index contributed by atoms with van der Waals surface area (Å²) in [5.74, 6) is -1.06. The molecule has 0 aromatic heterocycles. The standard InChI is InChI=1S/C11H11NO5/c1-16-10(13)6-7-3-4-8(11(14)17-2)5-9(7)12-15/h3-5H,6H2,1-2H3. The lowest BCUT2D eigenvalue weighted by Gasteiger charge is -2.04. The Morgan fingerprint density at radius 3 is 2.47 bits per heavy atom. The number of hydrogen-bond donors (Lipinski definition) is 0. The van der Waals surface area contributed by atoms with E-state index in [1.165, 1.54) is 32.4 Å².